The molecule has 1 atom stereocenters. The Morgan fingerprint density at radius 1 is 1.22 bits per heavy atom. The Labute approximate surface area is 164 Å². The van der Waals surface area contributed by atoms with Gasteiger partial charge in [-0.1, -0.05) is 24.1 Å². The molecule has 1 amide bonds. The highest BCUT2D eigenvalue weighted by atomic mass is 32.1. The van der Waals surface area contributed by atoms with Gasteiger partial charge in [-0.15, -0.1) is 11.3 Å². The molecule has 0 bridgehead atoms. The van der Waals surface area contributed by atoms with E-state index in [1.165, 1.54) is 29.7 Å². The Bertz CT molecular complexity index is 923. The number of carbonyl (C=O) groups is 1. The van der Waals surface area contributed by atoms with E-state index in [4.69, 9.17) is 4.42 Å². The number of amides is 1. The van der Waals surface area contributed by atoms with E-state index < -0.39 is 0 Å². The molecule has 1 aromatic carbocycles. The normalized spacial score (nSPS) is 16.5. The summed E-state index contributed by atoms with van der Waals surface area (Å²) >= 11 is 1.76. The van der Waals surface area contributed by atoms with Gasteiger partial charge in [0.25, 0.3) is 5.91 Å². The molecule has 0 aliphatic carbocycles. The maximum absolute atomic E-state index is 12.9. The van der Waals surface area contributed by atoms with Crippen molar-refractivity contribution < 1.29 is 9.21 Å². The van der Waals surface area contributed by atoms with Gasteiger partial charge in [-0.25, -0.2) is 0 Å². The number of nitrogens with zero attached hydrogens (tertiary/aromatic N) is 1. The summed E-state index contributed by atoms with van der Waals surface area (Å²) in [6.45, 7) is 6.81. The molecule has 27 heavy (non-hydrogen) atoms. The van der Waals surface area contributed by atoms with Crippen LogP contribution in [0.5, 0.6) is 0 Å². The van der Waals surface area contributed by atoms with Crippen LogP contribution in [0.4, 0.5) is 0 Å². The number of fused-ring (bicyclic) bond motifs is 1. The minimum atomic E-state index is -0.125. The van der Waals surface area contributed by atoms with Crippen LogP contribution in [0.2, 0.25) is 0 Å². The number of nitrogens with one attached hydrogen (secondary N) is 1. The molecule has 1 aliphatic rings. The number of furan rings is 1. The third-order valence-corrected chi connectivity index (χ3v) is 6.43. The predicted molar refractivity (Wildman–Crippen MR) is 111 cm³/mol. The van der Waals surface area contributed by atoms with Crippen LogP contribution in [-0.4, -0.2) is 30.4 Å². The van der Waals surface area contributed by atoms with E-state index in [-0.39, 0.29) is 11.9 Å². The average molecular weight is 383 g/mol. The van der Waals surface area contributed by atoms with Gasteiger partial charge in [0, 0.05) is 22.4 Å². The van der Waals surface area contributed by atoms with Gasteiger partial charge in [-0.3, -0.25) is 9.69 Å². The number of hydrogen-bond acceptors (Lipinski definition) is 4. The first-order chi connectivity index (χ1) is 13.1. The lowest BCUT2D eigenvalue weighted by Crippen LogP contribution is -2.40. The van der Waals surface area contributed by atoms with Crippen LogP contribution in [0.25, 0.3) is 11.0 Å². The van der Waals surface area contributed by atoms with Crippen molar-refractivity contribution in [2.24, 2.45) is 0 Å². The van der Waals surface area contributed by atoms with E-state index in [1.54, 1.807) is 11.3 Å². The van der Waals surface area contributed by atoms with Crippen molar-refractivity contribution in [1.82, 2.24) is 10.2 Å². The quantitative estimate of drug-likeness (QED) is 0.670. The smallest absolute Gasteiger partial charge is 0.287 e. The van der Waals surface area contributed by atoms with Gasteiger partial charge in [0.05, 0.1) is 6.04 Å². The zero-order valence-electron chi connectivity index (χ0n) is 16.0. The van der Waals surface area contributed by atoms with Crippen molar-refractivity contribution in [2.75, 3.05) is 19.6 Å². The molecule has 1 fully saturated rings. The maximum atomic E-state index is 12.9. The molecule has 0 unspecified atom stereocenters. The third-order valence-electron chi connectivity index (χ3n) is 5.46. The lowest BCUT2D eigenvalue weighted by Gasteiger charge is -2.34. The topological polar surface area (TPSA) is 45.5 Å². The molecule has 0 saturated carbocycles. The van der Waals surface area contributed by atoms with Crippen molar-refractivity contribution in [3.8, 4) is 0 Å². The number of benzene rings is 1. The van der Waals surface area contributed by atoms with Crippen molar-refractivity contribution in [1.29, 1.82) is 0 Å². The highest BCUT2D eigenvalue weighted by Gasteiger charge is 2.25. The zero-order valence-corrected chi connectivity index (χ0v) is 16.8. The second kappa shape index (κ2) is 7.87. The number of likely N-dealkylation sites (tertiary alicyclic amines) is 1. The lowest BCUT2D eigenvalue weighted by atomic mass is 10.1. The van der Waals surface area contributed by atoms with Crippen LogP contribution in [0, 0.1) is 13.8 Å². The Hall–Kier alpha value is -2.11. The molecule has 142 valence electrons. The fourth-order valence-electron chi connectivity index (χ4n) is 3.94. The molecule has 3 heterocycles. The van der Waals surface area contributed by atoms with E-state index in [1.807, 2.05) is 19.1 Å². The number of thiophene rings is 1. The van der Waals surface area contributed by atoms with Crippen LogP contribution in [0.1, 0.15) is 51.9 Å². The lowest BCUT2D eigenvalue weighted by molar-refractivity contribution is 0.0899. The molecule has 1 saturated heterocycles. The Morgan fingerprint density at radius 3 is 2.78 bits per heavy atom. The highest BCUT2D eigenvalue weighted by molar-refractivity contribution is 7.10. The summed E-state index contributed by atoms with van der Waals surface area (Å²) < 4.78 is 5.86. The fourth-order valence-corrected chi connectivity index (χ4v) is 4.80. The number of carbonyl (C=O) groups excluding carboxylic acids is 1. The van der Waals surface area contributed by atoms with E-state index in [2.05, 4.69) is 40.7 Å². The van der Waals surface area contributed by atoms with Crippen LogP contribution in [0.3, 0.4) is 0 Å². The fraction of sp³-hybridized carbons (Fsp3) is 0.409. The Kier molecular flexibility index (Phi) is 5.32. The van der Waals surface area contributed by atoms with Crippen molar-refractivity contribution >= 4 is 28.2 Å². The molecule has 1 aliphatic heterocycles. The maximum Gasteiger partial charge on any atom is 0.287 e. The van der Waals surface area contributed by atoms with Crippen LogP contribution < -0.4 is 5.32 Å². The molecule has 3 aromatic rings. The SMILES string of the molecule is Cc1ccc2oc(C(=O)NC[C@H](c3cccs3)N3CCCCC3)c(C)c2c1. The summed E-state index contributed by atoms with van der Waals surface area (Å²) in [5.41, 5.74) is 2.85. The van der Waals surface area contributed by atoms with Gasteiger partial charge < -0.3 is 9.73 Å². The van der Waals surface area contributed by atoms with Gasteiger partial charge in [0.15, 0.2) is 5.76 Å². The van der Waals surface area contributed by atoms with E-state index >= 15 is 0 Å². The molecule has 4 nitrogen and oxygen atoms in total. The summed E-state index contributed by atoms with van der Waals surface area (Å²) in [6, 6.07) is 10.5. The standard InChI is InChI=1S/C22H26N2O2S/c1-15-8-9-19-17(13-15)16(2)21(26-19)22(25)23-14-18(20-7-6-12-27-20)24-10-4-3-5-11-24/h6-9,12-13,18H,3-5,10-11,14H2,1-2H3,(H,23,25)/t18-/m1/s1. The van der Waals surface area contributed by atoms with Gasteiger partial charge in [0.1, 0.15) is 5.58 Å². The van der Waals surface area contributed by atoms with Crippen molar-refractivity contribution in [3.63, 3.8) is 0 Å². The number of hydrogen-bond donors (Lipinski definition) is 1. The van der Waals surface area contributed by atoms with Gasteiger partial charge in [0.2, 0.25) is 0 Å². The minimum absolute atomic E-state index is 0.125. The van der Waals surface area contributed by atoms with Crippen LogP contribution in [-0.2, 0) is 0 Å². The Balaban J connectivity index is 1.52. The molecule has 0 spiro atoms. The largest absolute Gasteiger partial charge is 0.451 e. The summed E-state index contributed by atoms with van der Waals surface area (Å²) in [7, 11) is 0. The second-order valence-corrected chi connectivity index (χ2v) is 8.37. The minimum Gasteiger partial charge on any atom is -0.451 e. The third kappa shape index (κ3) is 3.80. The van der Waals surface area contributed by atoms with Crippen molar-refractivity contribution in [2.45, 2.75) is 39.2 Å². The zero-order chi connectivity index (χ0) is 18.8. The van der Waals surface area contributed by atoms with Gasteiger partial charge >= 0.3 is 0 Å². The van der Waals surface area contributed by atoms with Crippen LogP contribution in [0.15, 0.2) is 40.1 Å². The summed E-state index contributed by atoms with van der Waals surface area (Å²) in [4.78, 5) is 16.7. The second-order valence-electron chi connectivity index (χ2n) is 7.39. The number of piperidine rings is 1. The first-order valence-electron chi connectivity index (χ1n) is 9.69. The van der Waals surface area contributed by atoms with E-state index in [0.29, 0.717) is 12.3 Å². The van der Waals surface area contributed by atoms with Gasteiger partial charge in [-0.2, -0.15) is 0 Å². The average Bonchev–Trinajstić information content (AvgIpc) is 3.32. The first kappa shape index (κ1) is 18.3. The van der Waals surface area contributed by atoms with Gasteiger partial charge in [-0.05, 0) is 63.4 Å². The first-order valence-corrected chi connectivity index (χ1v) is 10.6. The number of rotatable bonds is 5. The van der Waals surface area contributed by atoms with E-state index in [9.17, 15) is 4.79 Å². The monoisotopic (exact) mass is 382 g/mol. The van der Waals surface area contributed by atoms with Crippen molar-refractivity contribution in [3.05, 3.63) is 57.5 Å². The molecule has 2 aromatic heterocycles. The van der Waals surface area contributed by atoms with Crippen LogP contribution >= 0.6 is 11.3 Å². The van der Waals surface area contributed by atoms with E-state index in [0.717, 1.165) is 29.6 Å². The predicted octanol–water partition coefficient (Wildman–Crippen LogP) is 5.07. The highest BCUT2D eigenvalue weighted by Crippen LogP contribution is 2.29. The molecular weight excluding hydrogens is 356 g/mol. The number of aryl methyl sites for hydroxylation is 2. The molecule has 0 radical (unpaired) electrons. The molecule has 5 heteroatoms. The molecule has 4 rings (SSSR count). The Morgan fingerprint density at radius 2 is 2.04 bits per heavy atom. The summed E-state index contributed by atoms with van der Waals surface area (Å²) in [6.07, 6.45) is 3.77. The summed E-state index contributed by atoms with van der Waals surface area (Å²) in [5, 5.41) is 6.26. The summed E-state index contributed by atoms with van der Waals surface area (Å²) in [5.74, 6) is 0.305. The molecular formula is C22H26N2O2S. The molecule has 1 N–H and O–H groups in total.